The molecular weight excluding hydrogens is 338 g/mol. The Labute approximate surface area is 150 Å². The Morgan fingerprint density at radius 1 is 1.04 bits per heavy atom. The largest absolute Gasteiger partial charge is 0.493 e. The van der Waals surface area contributed by atoms with Gasteiger partial charge in [0.2, 0.25) is 0 Å². The van der Waals surface area contributed by atoms with E-state index in [2.05, 4.69) is 4.98 Å². The molecule has 0 N–H and O–H groups in total. The number of allylic oxidation sites excluding steroid dienone is 1. The number of rotatable bonds is 5. The van der Waals surface area contributed by atoms with Crippen molar-refractivity contribution in [3.8, 4) is 11.5 Å². The molecule has 0 spiro atoms. The summed E-state index contributed by atoms with van der Waals surface area (Å²) in [5.74, 6) is 1.10. The van der Waals surface area contributed by atoms with Gasteiger partial charge in [0.05, 0.1) is 19.7 Å². The van der Waals surface area contributed by atoms with Crippen LogP contribution in [0.1, 0.15) is 15.9 Å². The molecule has 0 unspecified atom stereocenters. The van der Waals surface area contributed by atoms with Crippen LogP contribution in [-0.4, -0.2) is 25.0 Å². The Hall–Kier alpha value is -2.85. The highest BCUT2D eigenvalue weighted by Crippen LogP contribution is 2.33. The van der Waals surface area contributed by atoms with Crippen molar-refractivity contribution in [2.45, 2.75) is 0 Å². The van der Waals surface area contributed by atoms with Crippen molar-refractivity contribution in [2.24, 2.45) is 0 Å². The lowest BCUT2D eigenvalue weighted by atomic mass is 10.1. The molecular formula is C20H16ClNO3. The van der Waals surface area contributed by atoms with Gasteiger partial charge in [-0.05, 0) is 24.3 Å². The average molecular weight is 354 g/mol. The van der Waals surface area contributed by atoms with Crippen LogP contribution in [0.5, 0.6) is 11.5 Å². The molecule has 0 saturated carbocycles. The second-order valence-corrected chi connectivity index (χ2v) is 5.69. The first-order chi connectivity index (χ1) is 12.1. The molecule has 1 heterocycles. The smallest absolute Gasteiger partial charge is 0.185 e. The third-order valence-corrected chi connectivity index (χ3v) is 4.08. The predicted molar refractivity (Wildman–Crippen MR) is 99.7 cm³/mol. The van der Waals surface area contributed by atoms with Crippen LogP contribution in [0, 0.1) is 0 Å². The van der Waals surface area contributed by atoms with Crippen molar-refractivity contribution in [1.82, 2.24) is 4.98 Å². The monoisotopic (exact) mass is 353 g/mol. The van der Waals surface area contributed by atoms with Gasteiger partial charge in [-0.25, -0.2) is 4.98 Å². The topological polar surface area (TPSA) is 48.4 Å². The number of ketones is 1. The molecule has 0 radical (unpaired) electrons. The van der Waals surface area contributed by atoms with Gasteiger partial charge < -0.3 is 9.47 Å². The molecule has 1 aromatic heterocycles. The quantitative estimate of drug-likeness (QED) is 0.375. The molecule has 0 aliphatic carbocycles. The lowest BCUT2D eigenvalue weighted by Crippen LogP contribution is -1.94. The van der Waals surface area contributed by atoms with Gasteiger partial charge in [-0.1, -0.05) is 41.9 Å². The van der Waals surface area contributed by atoms with E-state index in [0.29, 0.717) is 33.3 Å². The van der Waals surface area contributed by atoms with Crippen molar-refractivity contribution in [1.29, 1.82) is 0 Å². The molecule has 4 nitrogen and oxygen atoms in total. The number of halogens is 1. The number of carbonyl (C=O) groups excluding carboxylic acids is 1. The van der Waals surface area contributed by atoms with E-state index in [1.54, 1.807) is 38.5 Å². The van der Waals surface area contributed by atoms with Crippen molar-refractivity contribution >= 4 is 34.4 Å². The molecule has 0 fully saturated rings. The number of aromatic nitrogens is 1. The molecule has 0 amide bonds. The van der Waals surface area contributed by atoms with Crippen LogP contribution in [0.2, 0.25) is 5.15 Å². The normalized spacial score (nSPS) is 11.0. The maximum Gasteiger partial charge on any atom is 0.185 e. The van der Waals surface area contributed by atoms with Gasteiger partial charge in [-0.2, -0.15) is 0 Å². The number of hydrogen-bond donors (Lipinski definition) is 0. The molecule has 0 saturated heterocycles. The maximum atomic E-state index is 12.2. The Morgan fingerprint density at radius 3 is 2.40 bits per heavy atom. The van der Waals surface area contributed by atoms with Gasteiger partial charge in [0.1, 0.15) is 5.15 Å². The SMILES string of the molecule is COc1cc2cc(/C=C/C(=O)c3ccccc3)c(Cl)nc2cc1OC. The molecule has 126 valence electrons. The third kappa shape index (κ3) is 3.64. The minimum Gasteiger partial charge on any atom is -0.493 e. The minimum atomic E-state index is -0.0934. The van der Waals surface area contributed by atoms with E-state index in [1.807, 2.05) is 30.3 Å². The minimum absolute atomic E-state index is 0.0934. The number of benzene rings is 2. The van der Waals surface area contributed by atoms with Crippen LogP contribution in [-0.2, 0) is 0 Å². The Kier molecular flexibility index (Phi) is 5.00. The van der Waals surface area contributed by atoms with Crippen LogP contribution in [0.3, 0.4) is 0 Å². The van der Waals surface area contributed by atoms with Gasteiger partial charge in [0.25, 0.3) is 0 Å². The van der Waals surface area contributed by atoms with Crippen molar-refractivity contribution in [3.05, 3.63) is 70.9 Å². The van der Waals surface area contributed by atoms with Gasteiger partial charge in [0.15, 0.2) is 17.3 Å². The van der Waals surface area contributed by atoms with Crippen molar-refractivity contribution in [2.75, 3.05) is 14.2 Å². The molecule has 3 aromatic rings. The Balaban J connectivity index is 1.98. The van der Waals surface area contributed by atoms with Crippen molar-refractivity contribution < 1.29 is 14.3 Å². The van der Waals surface area contributed by atoms with Crippen LogP contribution < -0.4 is 9.47 Å². The molecule has 3 rings (SSSR count). The van der Waals surface area contributed by atoms with Crippen LogP contribution in [0.15, 0.2) is 54.6 Å². The zero-order valence-corrected chi connectivity index (χ0v) is 14.6. The van der Waals surface area contributed by atoms with Crippen molar-refractivity contribution in [3.63, 3.8) is 0 Å². The fourth-order valence-electron chi connectivity index (χ4n) is 2.47. The molecule has 0 bridgehead atoms. The van der Waals surface area contributed by atoms with E-state index in [4.69, 9.17) is 21.1 Å². The van der Waals surface area contributed by atoms with E-state index in [9.17, 15) is 4.79 Å². The summed E-state index contributed by atoms with van der Waals surface area (Å²) in [6.45, 7) is 0. The number of carbonyl (C=O) groups is 1. The number of methoxy groups -OCH3 is 2. The lowest BCUT2D eigenvalue weighted by molar-refractivity contribution is 0.104. The fraction of sp³-hybridized carbons (Fsp3) is 0.100. The standard InChI is InChI=1S/C20H16ClNO3/c1-24-18-11-15-10-14(20(21)22-16(15)12-19(18)25-2)8-9-17(23)13-6-4-3-5-7-13/h3-12H,1-2H3/b9-8+. The summed E-state index contributed by atoms with van der Waals surface area (Å²) >= 11 is 6.26. The first-order valence-electron chi connectivity index (χ1n) is 7.62. The summed E-state index contributed by atoms with van der Waals surface area (Å²) in [5, 5.41) is 1.16. The zero-order chi connectivity index (χ0) is 17.8. The zero-order valence-electron chi connectivity index (χ0n) is 13.8. The molecule has 0 aliphatic heterocycles. The van der Waals surface area contributed by atoms with E-state index < -0.39 is 0 Å². The number of nitrogens with zero attached hydrogens (tertiary/aromatic N) is 1. The molecule has 0 aliphatic rings. The van der Waals surface area contributed by atoms with E-state index >= 15 is 0 Å². The van der Waals surface area contributed by atoms with Crippen LogP contribution >= 0.6 is 11.6 Å². The highest BCUT2D eigenvalue weighted by atomic mass is 35.5. The Morgan fingerprint density at radius 2 is 1.72 bits per heavy atom. The van der Waals surface area contributed by atoms with E-state index in [-0.39, 0.29) is 5.78 Å². The van der Waals surface area contributed by atoms with Gasteiger partial charge >= 0.3 is 0 Å². The van der Waals surface area contributed by atoms with Gasteiger partial charge in [-0.3, -0.25) is 4.79 Å². The van der Waals surface area contributed by atoms with Gasteiger partial charge in [-0.15, -0.1) is 0 Å². The first-order valence-corrected chi connectivity index (χ1v) is 8.00. The third-order valence-electron chi connectivity index (χ3n) is 3.77. The number of hydrogen-bond acceptors (Lipinski definition) is 4. The summed E-state index contributed by atoms with van der Waals surface area (Å²) < 4.78 is 10.6. The highest BCUT2D eigenvalue weighted by molar-refractivity contribution is 6.31. The first kappa shape index (κ1) is 17.0. The van der Waals surface area contributed by atoms with E-state index in [1.165, 1.54) is 6.08 Å². The molecule has 5 heteroatoms. The van der Waals surface area contributed by atoms with Crippen LogP contribution in [0.25, 0.3) is 17.0 Å². The molecule has 25 heavy (non-hydrogen) atoms. The summed E-state index contributed by atoms with van der Waals surface area (Å²) in [5.41, 5.74) is 1.97. The summed E-state index contributed by atoms with van der Waals surface area (Å²) in [4.78, 5) is 16.6. The molecule has 0 atom stereocenters. The summed E-state index contributed by atoms with van der Waals surface area (Å²) in [6.07, 6.45) is 3.16. The summed E-state index contributed by atoms with van der Waals surface area (Å²) in [6, 6.07) is 14.5. The number of fused-ring (bicyclic) bond motifs is 1. The predicted octanol–water partition coefficient (Wildman–Crippen LogP) is 4.80. The van der Waals surface area contributed by atoms with Crippen LogP contribution in [0.4, 0.5) is 0 Å². The number of ether oxygens (including phenoxy) is 2. The summed E-state index contributed by atoms with van der Waals surface area (Å²) in [7, 11) is 3.14. The lowest BCUT2D eigenvalue weighted by Gasteiger charge is -2.09. The fourth-order valence-corrected chi connectivity index (χ4v) is 2.68. The van der Waals surface area contributed by atoms with Gasteiger partial charge in [0, 0.05) is 22.6 Å². The highest BCUT2D eigenvalue weighted by Gasteiger charge is 2.10. The average Bonchev–Trinajstić information content (AvgIpc) is 2.65. The maximum absolute atomic E-state index is 12.2. The molecule has 2 aromatic carbocycles. The second kappa shape index (κ2) is 7.36. The van der Waals surface area contributed by atoms with E-state index in [0.717, 1.165) is 5.39 Å². The number of pyridine rings is 1. The Bertz CT molecular complexity index is 952. The second-order valence-electron chi connectivity index (χ2n) is 5.33.